The molecule has 0 saturated carbocycles. The molecule has 2 aliphatic heterocycles. The van der Waals surface area contributed by atoms with E-state index in [2.05, 4.69) is 55.8 Å². The number of carbonyl (C=O) groups is 1. The van der Waals surface area contributed by atoms with Gasteiger partial charge in [0.05, 0.1) is 21.6 Å². The van der Waals surface area contributed by atoms with Crippen LogP contribution in [-0.2, 0) is 25.2 Å². The van der Waals surface area contributed by atoms with Gasteiger partial charge in [-0.2, -0.15) is 8.42 Å². The fourth-order valence-electron chi connectivity index (χ4n) is 8.40. The Balaban J connectivity index is 0.00000123. The van der Waals surface area contributed by atoms with Crippen LogP contribution in [0.3, 0.4) is 0 Å². The molecule has 0 radical (unpaired) electrons. The summed E-state index contributed by atoms with van der Waals surface area (Å²) in [7, 11) is -9.22. The SMILES string of the molecule is CC1(C)CCC(CN2CCN(c3ccc(C(=O)NS(=O)(=O)c4ccc(NCC5CCOCC5)c([N+](=O)[O-])c4)c(Oc4cnc5[nH]ccc5c4)c3)CC2)=C(c2ccc(Cl)cc2)C1.O=S(=O)(O)O. The van der Waals surface area contributed by atoms with Crippen LogP contribution in [0.1, 0.15) is 61.9 Å². The topological polar surface area (TPSA) is 247 Å². The van der Waals surface area contributed by atoms with E-state index in [-0.39, 0.29) is 28.3 Å². The van der Waals surface area contributed by atoms with E-state index in [0.29, 0.717) is 31.2 Å². The lowest BCUT2D eigenvalue weighted by Gasteiger charge is -2.39. The highest BCUT2D eigenvalue weighted by Crippen LogP contribution is 2.43. The Labute approximate surface area is 388 Å². The maximum Gasteiger partial charge on any atom is 0.394 e. The average Bonchev–Trinajstić information content (AvgIpc) is 3.74. The summed E-state index contributed by atoms with van der Waals surface area (Å²) in [5.74, 6) is -0.195. The van der Waals surface area contributed by atoms with Crippen LogP contribution in [0.4, 0.5) is 17.1 Å². The number of carbonyl (C=O) groups excluding carboxylic acids is 1. The van der Waals surface area contributed by atoms with Crippen LogP contribution in [0, 0.1) is 21.4 Å². The highest BCUT2D eigenvalue weighted by atomic mass is 35.5. The zero-order valence-electron chi connectivity index (χ0n) is 36.4. The summed E-state index contributed by atoms with van der Waals surface area (Å²) in [4.78, 5) is 37.1. The van der Waals surface area contributed by atoms with Crippen molar-refractivity contribution in [3.05, 3.63) is 117 Å². The number of nitro benzene ring substituents is 1. The smallest absolute Gasteiger partial charge is 0.394 e. The van der Waals surface area contributed by atoms with Gasteiger partial charge in [-0.1, -0.05) is 43.2 Å². The zero-order valence-corrected chi connectivity index (χ0v) is 38.8. The number of ether oxygens (including phenoxy) is 2. The van der Waals surface area contributed by atoms with E-state index in [9.17, 15) is 23.3 Å². The highest BCUT2D eigenvalue weighted by Gasteiger charge is 2.31. The van der Waals surface area contributed by atoms with Crippen molar-refractivity contribution in [3.63, 3.8) is 0 Å². The molecule has 2 aromatic heterocycles. The van der Waals surface area contributed by atoms with E-state index in [1.54, 1.807) is 30.5 Å². The molecule has 5 N–H and O–H groups in total. The number of hydrogen-bond acceptors (Lipinski definition) is 13. The molecule has 352 valence electrons. The van der Waals surface area contributed by atoms with Crippen molar-refractivity contribution in [2.24, 2.45) is 11.3 Å². The maximum atomic E-state index is 13.9. The second kappa shape index (κ2) is 20.5. The van der Waals surface area contributed by atoms with Gasteiger partial charge in [-0.05, 0) is 103 Å². The Bertz CT molecular complexity index is 2820. The van der Waals surface area contributed by atoms with Gasteiger partial charge in [0.15, 0.2) is 0 Å². The first-order valence-electron chi connectivity index (χ1n) is 21.4. The van der Waals surface area contributed by atoms with Gasteiger partial charge in [-0.3, -0.25) is 28.9 Å². The lowest BCUT2D eigenvalue weighted by molar-refractivity contribution is -0.384. The van der Waals surface area contributed by atoms with Crippen molar-refractivity contribution in [2.75, 3.05) is 62.7 Å². The van der Waals surface area contributed by atoms with Gasteiger partial charge >= 0.3 is 10.4 Å². The minimum atomic E-state index is -4.67. The van der Waals surface area contributed by atoms with Crippen molar-refractivity contribution < 1.29 is 45.1 Å². The van der Waals surface area contributed by atoms with Crippen molar-refractivity contribution >= 4 is 71.6 Å². The largest absolute Gasteiger partial charge is 0.455 e. The van der Waals surface area contributed by atoms with E-state index < -0.39 is 41.8 Å². The fraction of sp³-hybridized carbons (Fsp3) is 0.378. The number of amides is 1. The molecule has 4 heterocycles. The summed E-state index contributed by atoms with van der Waals surface area (Å²) >= 11 is 6.24. The molecule has 21 heteroatoms. The second-order valence-electron chi connectivity index (χ2n) is 17.3. The number of sulfonamides is 1. The van der Waals surface area contributed by atoms with Gasteiger partial charge in [0.2, 0.25) is 0 Å². The lowest BCUT2D eigenvalue weighted by Crippen LogP contribution is -2.47. The van der Waals surface area contributed by atoms with E-state index in [1.165, 1.54) is 35.0 Å². The van der Waals surface area contributed by atoms with Gasteiger partial charge in [-0.15, -0.1) is 0 Å². The molecule has 0 bridgehead atoms. The number of aromatic nitrogens is 2. The Morgan fingerprint density at radius 3 is 2.41 bits per heavy atom. The maximum absolute atomic E-state index is 13.9. The number of piperazine rings is 1. The van der Waals surface area contributed by atoms with Crippen LogP contribution < -0.4 is 19.7 Å². The van der Waals surface area contributed by atoms with Crippen molar-refractivity contribution in [1.82, 2.24) is 19.6 Å². The summed E-state index contributed by atoms with van der Waals surface area (Å²) in [5.41, 5.74) is 5.55. The van der Waals surface area contributed by atoms with Crippen molar-refractivity contribution in [1.29, 1.82) is 0 Å². The third-order valence-electron chi connectivity index (χ3n) is 12.0. The molecular formula is C45H52ClN7O11S2. The van der Waals surface area contributed by atoms with Crippen molar-refractivity contribution in [2.45, 2.75) is 50.8 Å². The van der Waals surface area contributed by atoms with Crippen LogP contribution in [0.25, 0.3) is 16.6 Å². The summed E-state index contributed by atoms with van der Waals surface area (Å²) in [5, 5.41) is 16.7. The molecule has 2 saturated heterocycles. The van der Waals surface area contributed by atoms with Gasteiger partial charge < -0.3 is 24.7 Å². The summed E-state index contributed by atoms with van der Waals surface area (Å²) in [6.07, 6.45) is 8.13. The molecule has 2 fully saturated rings. The van der Waals surface area contributed by atoms with Crippen LogP contribution >= 0.6 is 11.6 Å². The number of nitro groups is 1. The predicted molar refractivity (Wildman–Crippen MR) is 251 cm³/mol. The Morgan fingerprint density at radius 1 is 1.00 bits per heavy atom. The molecule has 18 nitrogen and oxygen atoms in total. The highest BCUT2D eigenvalue weighted by molar-refractivity contribution is 7.90. The minimum absolute atomic E-state index is 0.0359. The Kier molecular flexibility index (Phi) is 15.0. The molecule has 0 atom stereocenters. The number of nitrogens with zero attached hydrogens (tertiary/aromatic N) is 4. The number of allylic oxidation sites excluding steroid dienone is 1. The molecule has 1 amide bonds. The van der Waals surface area contributed by atoms with Gasteiger partial charge in [0.1, 0.15) is 22.8 Å². The van der Waals surface area contributed by atoms with E-state index >= 15 is 0 Å². The molecule has 3 aromatic carbocycles. The summed E-state index contributed by atoms with van der Waals surface area (Å²) in [6, 6.07) is 20.4. The number of aromatic amines is 1. The molecule has 66 heavy (non-hydrogen) atoms. The fourth-order valence-corrected chi connectivity index (χ4v) is 9.51. The van der Waals surface area contributed by atoms with Gasteiger partial charge in [0, 0.05) is 86.9 Å². The zero-order chi connectivity index (χ0) is 47.2. The van der Waals surface area contributed by atoms with Crippen LogP contribution in [0.15, 0.2) is 95.7 Å². The lowest BCUT2D eigenvalue weighted by atomic mass is 9.72. The minimum Gasteiger partial charge on any atom is -0.455 e. The molecule has 5 aromatic rings. The van der Waals surface area contributed by atoms with Gasteiger partial charge in [-0.25, -0.2) is 18.1 Å². The molecule has 0 unspecified atom stereocenters. The van der Waals surface area contributed by atoms with Crippen LogP contribution in [0.5, 0.6) is 11.5 Å². The Hall–Kier alpha value is -5.61. The van der Waals surface area contributed by atoms with E-state index in [1.807, 2.05) is 18.2 Å². The molecule has 3 aliphatic rings. The van der Waals surface area contributed by atoms with Crippen LogP contribution in [0.2, 0.25) is 5.02 Å². The number of benzene rings is 3. The van der Waals surface area contributed by atoms with Crippen LogP contribution in [-0.4, -0.2) is 104 Å². The number of rotatable bonds is 13. The number of pyridine rings is 1. The first-order chi connectivity index (χ1) is 31.3. The van der Waals surface area contributed by atoms with E-state index in [0.717, 1.165) is 87.0 Å². The molecular weight excluding hydrogens is 914 g/mol. The molecule has 0 spiro atoms. The Morgan fingerprint density at radius 2 is 1.71 bits per heavy atom. The van der Waals surface area contributed by atoms with Crippen molar-refractivity contribution in [3.8, 4) is 11.5 Å². The monoisotopic (exact) mass is 965 g/mol. The third kappa shape index (κ3) is 12.8. The molecule has 8 rings (SSSR count). The number of halogens is 1. The third-order valence-corrected chi connectivity index (χ3v) is 13.5. The standard InChI is InChI=1S/C45H50ClN7O7S.H2O4S/c1-45(2)15-11-33(39(26-45)31-3-5-34(46)6-4-31)29-51-17-19-52(20-18-51)35-7-9-38(42(24-35)60-36-23-32-12-16-47-43(32)49-28-36)44(54)50-61(57,58)37-8-10-40(41(25-37)53(55)56)48-27-30-13-21-59-22-14-30;1-5(2,3)4/h3-10,12,16,23-25,28,30,48H,11,13-15,17-22,26-27,29H2,1-2H3,(H,47,49)(H,50,54);(H2,1,2,3,4). The first kappa shape index (κ1) is 48.3. The average molecular weight is 967 g/mol. The summed E-state index contributed by atoms with van der Waals surface area (Å²) < 4.78 is 72.7. The van der Waals surface area contributed by atoms with Gasteiger partial charge in [0.25, 0.3) is 21.6 Å². The number of hydrogen-bond donors (Lipinski definition) is 5. The number of fused-ring (bicyclic) bond motifs is 1. The predicted octanol–water partition coefficient (Wildman–Crippen LogP) is 8.01. The quantitative estimate of drug-likeness (QED) is 0.0426. The van der Waals surface area contributed by atoms with E-state index in [4.69, 9.17) is 38.6 Å². The number of anilines is 2. The summed E-state index contributed by atoms with van der Waals surface area (Å²) in [6.45, 7) is 10.4. The molecule has 1 aliphatic carbocycles. The number of H-pyrrole nitrogens is 1. The first-order valence-corrected chi connectivity index (χ1v) is 24.6. The normalized spacial score (nSPS) is 17.2. The number of nitrogens with one attached hydrogen (secondary N) is 3. The second-order valence-corrected chi connectivity index (χ2v) is 20.3.